The molecule has 1 aromatic heterocycles. The minimum atomic E-state index is -0.728. The van der Waals surface area contributed by atoms with Crippen molar-refractivity contribution in [2.45, 2.75) is 58.7 Å². The molecule has 1 aliphatic heterocycles. The van der Waals surface area contributed by atoms with Gasteiger partial charge in [-0.05, 0) is 24.3 Å². The van der Waals surface area contributed by atoms with E-state index >= 15 is 0 Å². The van der Waals surface area contributed by atoms with Gasteiger partial charge in [0, 0.05) is 12.4 Å². The molecule has 1 aliphatic rings. The third kappa shape index (κ3) is 5.16. The highest BCUT2D eigenvalue weighted by Gasteiger charge is 2.38. The number of rotatable bonds is 6. The highest BCUT2D eigenvalue weighted by Crippen LogP contribution is 2.22. The maximum Gasteiger partial charge on any atom is 0.253 e. The first-order valence-corrected chi connectivity index (χ1v) is 8.59. The number of ether oxygens (including phenoxy) is 1. The molecule has 1 aromatic rings. The maximum absolute atomic E-state index is 12.7. The number of ketones is 1. The van der Waals surface area contributed by atoms with E-state index in [0.29, 0.717) is 18.4 Å². The van der Waals surface area contributed by atoms with E-state index in [4.69, 9.17) is 4.74 Å². The van der Waals surface area contributed by atoms with Crippen LogP contribution in [0.2, 0.25) is 0 Å². The van der Waals surface area contributed by atoms with Gasteiger partial charge in [0.05, 0.1) is 11.7 Å². The first-order valence-electron chi connectivity index (χ1n) is 8.59. The van der Waals surface area contributed by atoms with Gasteiger partial charge in [-0.3, -0.25) is 14.4 Å². The normalized spacial score (nSPS) is 21.8. The number of carbonyl (C=O) groups is 3. The largest absolute Gasteiger partial charge is 0.368 e. The van der Waals surface area contributed by atoms with Crippen LogP contribution in [0.3, 0.4) is 0 Å². The quantitative estimate of drug-likeness (QED) is 0.723. The molecule has 2 unspecified atom stereocenters. The molecule has 0 saturated carbocycles. The van der Waals surface area contributed by atoms with Gasteiger partial charge in [0.15, 0.2) is 5.78 Å². The monoisotopic (exact) mass is 349 g/mol. The van der Waals surface area contributed by atoms with Crippen molar-refractivity contribution < 1.29 is 19.1 Å². The summed E-state index contributed by atoms with van der Waals surface area (Å²) >= 11 is 0. The van der Waals surface area contributed by atoms with Crippen LogP contribution in [0.25, 0.3) is 0 Å². The number of Topliss-reactive ketones (excluding diaryl/α,β-unsaturated/α-hetero) is 1. The van der Waals surface area contributed by atoms with Crippen molar-refractivity contribution >= 4 is 17.6 Å². The molecule has 0 spiro atoms. The molecule has 1 saturated heterocycles. The van der Waals surface area contributed by atoms with Gasteiger partial charge in [-0.1, -0.05) is 27.7 Å². The van der Waals surface area contributed by atoms with Crippen LogP contribution in [-0.4, -0.2) is 47.4 Å². The molecule has 3 atom stereocenters. The Morgan fingerprint density at radius 3 is 2.68 bits per heavy atom. The molecule has 0 aromatic carbocycles. The van der Waals surface area contributed by atoms with Gasteiger partial charge in [0.25, 0.3) is 5.91 Å². The Labute approximate surface area is 147 Å². The summed E-state index contributed by atoms with van der Waals surface area (Å²) in [5, 5.41) is 5.54. The third-order valence-corrected chi connectivity index (χ3v) is 4.16. The number of nitrogens with one attached hydrogen (secondary N) is 3. The number of H-pyrrole nitrogens is 1. The van der Waals surface area contributed by atoms with Crippen LogP contribution in [-0.2, 0) is 14.3 Å². The summed E-state index contributed by atoms with van der Waals surface area (Å²) in [6, 6.07) is 0.264. The van der Waals surface area contributed by atoms with Crippen molar-refractivity contribution in [2.24, 2.45) is 5.41 Å². The number of aromatic amines is 1. The molecule has 7 heteroatoms. The summed E-state index contributed by atoms with van der Waals surface area (Å²) in [4.78, 5) is 39.9. The lowest BCUT2D eigenvalue weighted by Gasteiger charge is -2.27. The number of aromatic nitrogens is 1. The Morgan fingerprint density at radius 1 is 1.40 bits per heavy atom. The zero-order valence-electron chi connectivity index (χ0n) is 15.2. The van der Waals surface area contributed by atoms with E-state index in [-0.39, 0.29) is 35.7 Å². The van der Waals surface area contributed by atoms with Crippen LogP contribution in [0.15, 0.2) is 18.5 Å². The summed E-state index contributed by atoms with van der Waals surface area (Å²) in [5.41, 5.74) is 0.284. The highest BCUT2D eigenvalue weighted by atomic mass is 16.5. The average Bonchev–Trinajstić information content (AvgIpc) is 3.16. The SMILES string of the molecule is CCC1OCC(=O)C1NC(=O)[C@H](CC(C)(C)C)NC(=O)c1cc[nH]c1. The van der Waals surface area contributed by atoms with Gasteiger partial charge < -0.3 is 20.4 Å². The van der Waals surface area contributed by atoms with Crippen molar-refractivity contribution in [3.8, 4) is 0 Å². The van der Waals surface area contributed by atoms with Crippen molar-refractivity contribution in [2.75, 3.05) is 6.61 Å². The third-order valence-electron chi connectivity index (χ3n) is 4.16. The Bertz CT molecular complexity index is 619. The van der Waals surface area contributed by atoms with Crippen LogP contribution >= 0.6 is 0 Å². The highest BCUT2D eigenvalue weighted by molar-refractivity contribution is 5.98. The molecular formula is C18H27N3O4. The van der Waals surface area contributed by atoms with Crippen LogP contribution in [0.5, 0.6) is 0 Å². The molecule has 138 valence electrons. The van der Waals surface area contributed by atoms with Crippen LogP contribution in [0, 0.1) is 5.41 Å². The molecule has 2 amide bonds. The van der Waals surface area contributed by atoms with Crippen molar-refractivity contribution in [1.82, 2.24) is 15.6 Å². The maximum atomic E-state index is 12.7. The number of amides is 2. The lowest BCUT2D eigenvalue weighted by atomic mass is 9.87. The standard InChI is InChI=1S/C18H27N3O4/c1-5-14-15(13(22)10-25-14)21-17(24)12(8-18(2,3)4)20-16(23)11-6-7-19-9-11/h6-7,9,12,14-15,19H,5,8,10H2,1-4H3,(H,20,23)(H,21,24)/t12-,14?,15?/m0/s1. The van der Waals surface area contributed by atoms with Gasteiger partial charge in [-0.2, -0.15) is 0 Å². The van der Waals surface area contributed by atoms with E-state index in [1.165, 1.54) is 0 Å². The van der Waals surface area contributed by atoms with Crippen molar-refractivity contribution in [3.05, 3.63) is 24.0 Å². The Hall–Kier alpha value is -2.15. The smallest absolute Gasteiger partial charge is 0.253 e. The van der Waals surface area contributed by atoms with Crippen LogP contribution in [0.1, 0.15) is 50.9 Å². The zero-order chi connectivity index (χ0) is 18.6. The molecule has 25 heavy (non-hydrogen) atoms. The van der Waals surface area contributed by atoms with E-state index in [2.05, 4.69) is 15.6 Å². The Kier molecular flexibility index (Phi) is 6.00. The molecule has 0 bridgehead atoms. The number of carbonyl (C=O) groups excluding carboxylic acids is 3. The molecule has 0 radical (unpaired) electrons. The summed E-state index contributed by atoms with van der Waals surface area (Å²) in [6.07, 6.45) is 3.99. The molecule has 2 rings (SSSR count). The van der Waals surface area contributed by atoms with Crippen molar-refractivity contribution in [3.63, 3.8) is 0 Å². The van der Waals surface area contributed by atoms with E-state index in [1.54, 1.807) is 18.5 Å². The summed E-state index contributed by atoms with van der Waals surface area (Å²) < 4.78 is 5.39. The fraction of sp³-hybridized carbons (Fsp3) is 0.611. The minimum Gasteiger partial charge on any atom is -0.368 e. The van der Waals surface area contributed by atoms with Gasteiger partial charge in [0.1, 0.15) is 18.7 Å². The minimum absolute atomic E-state index is 0.0170. The Morgan fingerprint density at radius 2 is 2.12 bits per heavy atom. The van der Waals surface area contributed by atoms with Gasteiger partial charge >= 0.3 is 0 Å². The van der Waals surface area contributed by atoms with Gasteiger partial charge in [0.2, 0.25) is 5.91 Å². The first-order chi connectivity index (χ1) is 11.7. The number of hydrogen-bond donors (Lipinski definition) is 3. The molecular weight excluding hydrogens is 322 g/mol. The van der Waals surface area contributed by atoms with E-state index in [9.17, 15) is 14.4 Å². The summed E-state index contributed by atoms with van der Waals surface area (Å²) in [7, 11) is 0. The predicted octanol–water partition coefficient (Wildman–Crippen LogP) is 1.41. The van der Waals surface area contributed by atoms with Gasteiger partial charge in [-0.15, -0.1) is 0 Å². The predicted molar refractivity (Wildman–Crippen MR) is 93.1 cm³/mol. The summed E-state index contributed by atoms with van der Waals surface area (Å²) in [6.45, 7) is 7.91. The number of hydrogen-bond acceptors (Lipinski definition) is 4. The van der Waals surface area contributed by atoms with Crippen molar-refractivity contribution in [1.29, 1.82) is 0 Å². The molecule has 1 fully saturated rings. The first kappa shape index (κ1) is 19.2. The van der Waals surface area contributed by atoms with E-state index in [0.717, 1.165) is 0 Å². The second-order valence-corrected chi connectivity index (χ2v) is 7.60. The zero-order valence-corrected chi connectivity index (χ0v) is 15.2. The molecule has 7 nitrogen and oxygen atoms in total. The fourth-order valence-electron chi connectivity index (χ4n) is 2.89. The Balaban J connectivity index is 2.09. The second-order valence-electron chi connectivity index (χ2n) is 7.60. The second kappa shape index (κ2) is 7.82. The average molecular weight is 349 g/mol. The lowest BCUT2D eigenvalue weighted by molar-refractivity contribution is -0.128. The topological polar surface area (TPSA) is 100 Å². The summed E-state index contributed by atoms with van der Waals surface area (Å²) in [5.74, 6) is -0.820. The lowest BCUT2D eigenvalue weighted by Crippen LogP contribution is -2.54. The fourth-order valence-corrected chi connectivity index (χ4v) is 2.89. The van der Waals surface area contributed by atoms with Crippen LogP contribution < -0.4 is 10.6 Å². The molecule has 0 aliphatic carbocycles. The van der Waals surface area contributed by atoms with Gasteiger partial charge in [-0.25, -0.2) is 0 Å². The molecule has 3 N–H and O–H groups in total. The van der Waals surface area contributed by atoms with E-state index in [1.807, 2.05) is 27.7 Å². The van der Waals surface area contributed by atoms with E-state index < -0.39 is 12.1 Å². The van der Waals surface area contributed by atoms with Crippen LogP contribution in [0.4, 0.5) is 0 Å². The molecule has 2 heterocycles.